The molecule has 1 heterocycles. The number of aryl methyl sites for hydroxylation is 4. The van der Waals surface area contributed by atoms with Gasteiger partial charge in [0, 0.05) is 71.9 Å². The summed E-state index contributed by atoms with van der Waals surface area (Å²) in [5, 5.41) is 23.2. The molecule has 0 fully saturated rings. The van der Waals surface area contributed by atoms with Crippen molar-refractivity contribution >= 4 is 48.2 Å². The third-order valence-corrected chi connectivity index (χ3v) is 12.7. The number of unbranched alkanes of at least 4 members (excludes halogenated alkanes) is 2. The smallest absolute Gasteiger partial charge is 0.295 e. The minimum absolute atomic E-state index is 0.0255. The number of nitrogens with one attached hydrogen (secondary N) is 1. The molecular weight excluding hydrogens is 751 g/mol. The van der Waals surface area contributed by atoms with Gasteiger partial charge in [-0.05, 0) is 118 Å². The van der Waals surface area contributed by atoms with E-state index in [-0.39, 0.29) is 36.1 Å². The molecular formula is C43H47N3O8S2. The van der Waals surface area contributed by atoms with Crippen molar-refractivity contribution in [3.63, 3.8) is 0 Å². The van der Waals surface area contributed by atoms with Gasteiger partial charge >= 0.3 is 0 Å². The SMILES string of the molecule is Cc1cc(S(=O)(=O)N(CCCCO)CCCCO)cc(C)c1N=c1ccc2c(-c3ccccc3S(=O)(=O)O)c3ccc(Nc4c(C)cccc4C)cc3oc-2c1. The van der Waals surface area contributed by atoms with Crippen LogP contribution in [-0.2, 0) is 20.1 Å². The van der Waals surface area contributed by atoms with Gasteiger partial charge in [-0.3, -0.25) is 4.55 Å². The fourth-order valence-corrected chi connectivity index (χ4v) is 9.43. The molecule has 0 amide bonds. The highest BCUT2D eigenvalue weighted by molar-refractivity contribution is 7.89. The lowest BCUT2D eigenvalue weighted by Crippen LogP contribution is -2.33. The highest BCUT2D eigenvalue weighted by Gasteiger charge is 2.26. The lowest BCUT2D eigenvalue weighted by atomic mass is 9.93. The normalized spacial score (nSPS) is 12.6. The molecule has 2 aliphatic rings. The van der Waals surface area contributed by atoms with Crippen molar-refractivity contribution in [1.29, 1.82) is 0 Å². The summed E-state index contributed by atoms with van der Waals surface area (Å²) in [6.45, 7) is 8.12. The molecule has 0 bridgehead atoms. The number of nitrogens with zero attached hydrogens (tertiary/aromatic N) is 2. The van der Waals surface area contributed by atoms with Gasteiger partial charge in [-0.15, -0.1) is 0 Å². The van der Waals surface area contributed by atoms with E-state index in [2.05, 4.69) is 5.32 Å². The second kappa shape index (κ2) is 17.1. The molecule has 4 aromatic carbocycles. The molecule has 56 heavy (non-hydrogen) atoms. The Hall–Kier alpha value is -4.89. The molecule has 0 aromatic heterocycles. The quantitative estimate of drug-likeness (QED) is 0.0455. The van der Waals surface area contributed by atoms with E-state index < -0.39 is 20.1 Å². The van der Waals surface area contributed by atoms with E-state index in [0.29, 0.717) is 81.3 Å². The molecule has 6 rings (SSSR count). The van der Waals surface area contributed by atoms with E-state index in [1.54, 1.807) is 62.4 Å². The number of rotatable bonds is 15. The number of para-hydroxylation sites is 1. The molecule has 0 atom stereocenters. The van der Waals surface area contributed by atoms with Gasteiger partial charge in [-0.1, -0.05) is 36.4 Å². The molecule has 1 aliphatic carbocycles. The van der Waals surface area contributed by atoms with Crippen LogP contribution in [0, 0.1) is 27.7 Å². The Bertz CT molecular complexity index is 2600. The summed E-state index contributed by atoms with van der Waals surface area (Å²) >= 11 is 0. The van der Waals surface area contributed by atoms with Gasteiger partial charge in [0.25, 0.3) is 10.1 Å². The summed E-state index contributed by atoms with van der Waals surface area (Å²) in [5.41, 5.74) is 7.68. The van der Waals surface area contributed by atoms with Crippen LogP contribution in [0.4, 0.5) is 17.1 Å². The first-order valence-corrected chi connectivity index (χ1v) is 21.4. The Morgan fingerprint density at radius 2 is 1.34 bits per heavy atom. The zero-order valence-corrected chi connectivity index (χ0v) is 33.5. The zero-order valence-electron chi connectivity index (χ0n) is 31.9. The van der Waals surface area contributed by atoms with E-state index in [1.165, 1.54) is 10.4 Å². The fraction of sp³-hybridized carbons (Fsp3) is 0.279. The Morgan fingerprint density at radius 1 is 0.696 bits per heavy atom. The van der Waals surface area contributed by atoms with Gasteiger partial charge in [0.15, 0.2) is 0 Å². The van der Waals surface area contributed by atoms with Crippen LogP contribution in [0.15, 0.2) is 110 Å². The predicted octanol–water partition coefficient (Wildman–Crippen LogP) is 8.20. The topological polar surface area (TPSA) is 170 Å². The monoisotopic (exact) mass is 797 g/mol. The number of hydrogen-bond acceptors (Lipinski definition) is 9. The molecule has 4 N–H and O–H groups in total. The van der Waals surface area contributed by atoms with Crippen molar-refractivity contribution in [2.45, 2.75) is 63.2 Å². The van der Waals surface area contributed by atoms with Crippen LogP contribution in [0.5, 0.6) is 0 Å². The van der Waals surface area contributed by atoms with Crippen molar-refractivity contribution in [2.75, 3.05) is 31.6 Å². The second-order valence-corrected chi connectivity index (χ2v) is 17.3. The van der Waals surface area contributed by atoms with E-state index >= 15 is 0 Å². The van der Waals surface area contributed by atoms with E-state index in [9.17, 15) is 31.6 Å². The van der Waals surface area contributed by atoms with Gasteiger partial charge in [-0.2, -0.15) is 12.7 Å². The maximum absolute atomic E-state index is 13.8. The molecule has 0 saturated heterocycles. The molecule has 11 nitrogen and oxygen atoms in total. The second-order valence-electron chi connectivity index (χ2n) is 14.0. The van der Waals surface area contributed by atoms with Gasteiger partial charge in [0.1, 0.15) is 16.2 Å². The predicted molar refractivity (Wildman–Crippen MR) is 220 cm³/mol. The van der Waals surface area contributed by atoms with Crippen molar-refractivity contribution in [2.24, 2.45) is 4.99 Å². The highest BCUT2D eigenvalue weighted by atomic mass is 32.2. The minimum Gasteiger partial charge on any atom is -0.456 e. The van der Waals surface area contributed by atoms with Crippen LogP contribution in [0.25, 0.3) is 33.4 Å². The Labute approximate surface area is 328 Å². The Morgan fingerprint density at radius 3 is 1.96 bits per heavy atom. The molecule has 0 spiro atoms. The number of anilines is 2. The number of aliphatic hydroxyl groups excluding tert-OH is 2. The third-order valence-electron chi connectivity index (χ3n) is 9.86. The average molecular weight is 798 g/mol. The van der Waals surface area contributed by atoms with Gasteiger partial charge in [0.2, 0.25) is 10.0 Å². The van der Waals surface area contributed by atoms with Crippen LogP contribution in [-0.4, -0.2) is 62.2 Å². The first-order valence-electron chi connectivity index (χ1n) is 18.5. The first-order chi connectivity index (χ1) is 26.7. The van der Waals surface area contributed by atoms with E-state index in [4.69, 9.17) is 9.41 Å². The lowest BCUT2D eigenvalue weighted by molar-refractivity contribution is 0.266. The van der Waals surface area contributed by atoms with Crippen LogP contribution in [0.3, 0.4) is 0 Å². The molecule has 1 aliphatic heterocycles. The van der Waals surface area contributed by atoms with E-state index in [0.717, 1.165) is 22.5 Å². The number of hydrogen-bond donors (Lipinski definition) is 4. The number of aliphatic hydroxyl groups is 2. The Balaban J connectivity index is 1.49. The minimum atomic E-state index is -4.59. The van der Waals surface area contributed by atoms with Crippen LogP contribution in [0.2, 0.25) is 0 Å². The summed E-state index contributed by atoms with van der Waals surface area (Å²) in [4.78, 5) is 4.85. The maximum Gasteiger partial charge on any atom is 0.295 e. The average Bonchev–Trinajstić information content (AvgIpc) is 3.15. The third kappa shape index (κ3) is 8.73. The largest absolute Gasteiger partial charge is 0.456 e. The van der Waals surface area contributed by atoms with Crippen molar-refractivity contribution in [3.8, 4) is 22.5 Å². The van der Waals surface area contributed by atoms with Crippen LogP contribution >= 0.6 is 0 Å². The first kappa shape index (κ1) is 40.8. The zero-order chi connectivity index (χ0) is 40.2. The summed E-state index contributed by atoms with van der Waals surface area (Å²) in [5.74, 6) is 0.416. The standard InChI is InChI=1S/C43H47N3O8S2/c1-28-12-11-13-29(2)42(28)44-32-16-18-35-38(26-32)54-39-27-33(17-19-36(39)41(35)37-14-5-6-15-40(37)56(51,52)53)45-43-30(3)24-34(25-31(43)4)55(49,50)46(20-7-9-22-47)21-8-10-23-48/h5-6,11-19,24-27,44,47-48H,7-10,20-23H2,1-4H3,(H,51,52,53). The number of benzene rings is 5. The van der Waals surface area contributed by atoms with Crippen LogP contribution in [0.1, 0.15) is 47.9 Å². The van der Waals surface area contributed by atoms with E-state index in [1.807, 2.05) is 50.2 Å². The van der Waals surface area contributed by atoms with Gasteiger partial charge < -0.3 is 19.9 Å². The molecule has 13 heteroatoms. The van der Waals surface area contributed by atoms with Crippen molar-refractivity contribution in [3.05, 3.63) is 119 Å². The highest BCUT2D eigenvalue weighted by Crippen LogP contribution is 2.43. The number of fused-ring (bicyclic) bond motifs is 2. The molecule has 4 aromatic rings. The Kier molecular flexibility index (Phi) is 12.4. The van der Waals surface area contributed by atoms with Crippen LogP contribution < -0.4 is 10.7 Å². The molecule has 0 saturated carbocycles. The summed E-state index contributed by atoms with van der Waals surface area (Å²) in [6.07, 6.45) is 1.98. The summed E-state index contributed by atoms with van der Waals surface area (Å²) in [7, 11) is -8.47. The lowest BCUT2D eigenvalue weighted by Gasteiger charge is -2.23. The van der Waals surface area contributed by atoms with Gasteiger partial charge in [0.05, 0.1) is 15.9 Å². The van der Waals surface area contributed by atoms with Gasteiger partial charge in [-0.25, -0.2) is 13.4 Å². The molecule has 0 radical (unpaired) electrons. The van der Waals surface area contributed by atoms with Crippen molar-refractivity contribution < 1.29 is 36.0 Å². The summed E-state index contributed by atoms with van der Waals surface area (Å²) < 4.78 is 71.2. The molecule has 294 valence electrons. The van der Waals surface area contributed by atoms with Crippen molar-refractivity contribution in [1.82, 2.24) is 4.31 Å². The fourth-order valence-electron chi connectivity index (χ4n) is 7.04. The maximum atomic E-state index is 13.8. The summed E-state index contributed by atoms with van der Waals surface area (Å²) in [6, 6.07) is 26.5. The molecule has 0 unspecified atom stereocenters. The number of sulfonamides is 1.